The molecule has 0 heterocycles. The Balaban J connectivity index is 1.99. The van der Waals surface area contributed by atoms with Gasteiger partial charge in [0.1, 0.15) is 5.78 Å². The van der Waals surface area contributed by atoms with Gasteiger partial charge in [0.25, 0.3) is 0 Å². The zero-order chi connectivity index (χ0) is 18.5. The number of allylic oxidation sites excluding steroid dienone is 2. The summed E-state index contributed by atoms with van der Waals surface area (Å²) in [5.74, 6) is -0.00360. The number of benzene rings is 2. The Morgan fingerprint density at radius 2 is 1.73 bits per heavy atom. The fourth-order valence-electron chi connectivity index (χ4n) is 4.54. The molecule has 26 heavy (non-hydrogen) atoms. The molecule has 2 aromatic carbocycles. The first-order valence-electron chi connectivity index (χ1n) is 9.26. The largest absolute Gasteiger partial charge is 0.504 e. The van der Waals surface area contributed by atoms with Crippen LogP contribution in [0, 0.1) is 5.41 Å². The van der Waals surface area contributed by atoms with Crippen LogP contribution in [0.25, 0.3) is 16.7 Å². The van der Waals surface area contributed by atoms with Gasteiger partial charge in [0.05, 0.1) is 0 Å². The summed E-state index contributed by atoms with van der Waals surface area (Å²) in [6, 6.07) is 11.4. The van der Waals surface area contributed by atoms with Gasteiger partial charge in [0.2, 0.25) is 0 Å². The topological polar surface area (TPSA) is 57.5 Å². The fourth-order valence-corrected chi connectivity index (χ4v) is 4.54. The number of aromatic hydroxyl groups is 2. The number of carbonyl (C=O) groups excluding carboxylic acids is 1. The third-order valence-electron chi connectivity index (χ3n) is 5.91. The minimum Gasteiger partial charge on any atom is -0.504 e. The van der Waals surface area contributed by atoms with Crippen molar-refractivity contribution in [1.29, 1.82) is 0 Å². The van der Waals surface area contributed by atoms with E-state index in [9.17, 15) is 15.0 Å². The van der Waals surface area contributed by atoms with E-state index in [1.807, 2.05) is 36.4 Å². The summed E-state index contributed by atoms with van der Waals surface area (Å²) in [6.07, 6.45) is 3.66. The lowest BCUT2D eigenvalue weighted by Gasteiger charge is -2.35. The van der Waals surface area contributed by atoms with Crippen LogP contribution in [-0.4, -0.2) is 16.0 Å². The average molecular weight is 348 g/mol. The van der Waals surface area contributed by atoms with Crippen LogP contribution in [0.1, 0.15) is 50.7 Å². The Bertz CT molecular complexity index is 920. The Morgan fingerprint density at radius 3 is 2.46 bits per heavy atom. The quantitative estimate of drug-likeness (QED) is 0.693. The number of fused-ring (bicyclic) bond motifs is 2. The van der Waals surface area contributed by atoms with Gasteiger partial charge in [-0.05, 0) is 47.4 Å². The number of carbonyl (C=O) groups is 1. The number of Topliss-reactive ketones (excluding diaryl/α,β-unsaturated/α-hetero) is 1. The average Bonchev–Trinajstić information content (AvgIpc) is 2.75. The molecule has 2 aliphatic carbocycles. The molecule has 3 heteroatoms. The minimum atomic E-state index is -0.0977. The van der Waals surface area contributed by atoms with Crippen LogP contribution in [0.15, 0.2) is 42.0 Å². The van der Waals surface area contributed by atoms with E-state index in [1.54, 1.807) is 0 Å². The van der Waals surface area contributed by atoms with E-state index >= 15 is 0 Å². The molecule has 0 atom stereocenters. The molecule has 4 rings (SSSR count). The molecule has 0 amide bonds. The lowest BCUT2D eigenvalue weighted by atomic mass is 9.70. The van der Waals surface area contributed by atoms with Crippen molar-refractivity contribution >= 4 is 11.4 Å². The van der Waals surface area contributed by atoms with Crippen LogP contribution in [0.4, 0.5) is 0 Å². The van der Waals surface area contributed by atoms with Gasteiger partial charge in [-0.3, -0.25) is 4.79 Å². The molecular weight excluding hydrogens is 324 g/mol. The highest BCUT2D eigenvalue weighted by atomic mass is 16.3. The number of hydrogen-bond acceptors (Lipinski definition) is 3. The molecule has 0 spiro atoms. The first-order chi connectivity index (χ1) is 12.4. The van der Waals surface area contributed by atoms with E-state index in [1.165, 1.54) is 0 Å². The van der Waals surface area contributed by atoms with Gasteiger partial charge in [-0.1, -0.05) is 49.8 Å². The molecule has 0 radical (unpaired) electrons. The highest BCUT2D eigenvalue weighted by Crippen LogP contribution is 2.52. The van der Waals surface area contributed by atoms with Gasteiger partial charge in [-0.25, -0.2) is 0 Å². The Kier molecular flexibility index (Phi) is 3.91. The first-order valence-corrected chi connectivity index (χ1v) is 9.26. The summed E-state index contributed by atoms with van der Waals surface area (Å²) in [5.41, 5.74) is 5.07. The number of hydrogen-bond donors (Lipinski definition) is 2. The molecule has 2 N–H and O–H groups in total. The summed E-state index contributed by atoms with van der Waals surface area (Å²) in [5, 5.41) is 21.6. The Labute approximate surface area is 154 Å². The second kappa shape index (κ2) is 6.01. The van der Waals surface area contributed by atoms with Crippen molar-refractivity contribution in [2.45, 2.75) is 46.0 Å². The van der Waals surface area contributed by atoms with Gasteiger partial charge < -0.3 is 10.2 Å². The molecular formula is C23H24O3. The van der Waals surface area contributed by atoms with Crippen LogP contribution < -0.4 is 0 Å². The maximum Gasteiger partial charge on any atom is 0.166 e. The molecule has 0 aliphatic heterocycles. The van der Waals surface area contributed by atoms with Gasteiger partial charge in [0.15, 0.2) is 11.5 Å². The highest BCUT2D eigenvalue weighted by molar-refractivity contribution is 5.94. The van der Waals surface area contributed by atoms with E-state index in [4.69, 9.17) is 0 Å². The van der Waals surface area contributed by atoms with Crippen LogP contribution in [0.2, 0.25) is 0 Å². The maximum atomic E-state index is 12.7. The summed E-state index contributed by atoms with van der Waals surface area (Å²) in [4.78, 5) is 12.7. The molecule has 0 saturated carbocycles. The third-order valence-corrected chi connectivity index (χ3v) is 5.91. The predicted molar refractivity (Wildman–Crippen MR) is 103 cm³/mol. The molecule has 3 nitrogen and oxygen atoms in total. The second-order valence-corrected chi connectivity index (χ2v) is 8.11. The van der Waals surface area contributed by atoms with Crippen LogP contribution in [-0.2, 0) is 11.2 Å². The van der Waals surface area contributed by atoms with Gasteiger partial charge in [-0.15, -0.1) is 0 Å². The van der Waals surface area contributed by atoms with Gasteiger partial charge in [-0.2, -0.15) is 0 Å². The lowest BCUT2D eigenvalue weighted by molar-refractivity contribution is -0.118. The van der Waals surface area contributed by atoms with Crippen molar-refractivity contribution < 1.29 is 15.0 Å². The number of rotatable bonds is 1. The molecule has 0 fully saturated rings. The molecule has 0 aromatic heterocycles. The zero-order valence-corrected chi connectivity index (χ0v) is 15.3. The Hall–Kier alpha value is -2.55. The predicted octanol–water partition coefficient (Wildman–Crippen LogP) is 5.24. The van der Waals surface area contributed by atoms with E-state index < -0.39 is 0 Å². The normalized spacial score (nSPS) is 18.9. The fraction of sp³-hybridized carbons (Fsp3) is 0.348. The van der Waals surface area contributed by atoms with E-state index in [0.29, 0.717) is 24.0 Å². The van der Waals surface area contributed by atoms with Crippen molar-refractivity contribution in [3.8, 4) is 22.6 Å². The van der Waals surface area contributed by atoms with Crippen molar-refractivity contribution in [2.75, 3.05) is 0 Å². The number of phenols is 2. The van der Waals surface area contributed by atoms with Crippen molar-refractivity contribution in [3.05, 3.63) is 53.1 Å². The van der Waals surface area contributed by atoms with Crippen molar-refractivity contribution in [3.63, 3.8) is 0 Å². The van der Waals surface area contributed by atoms with Gasteiger partial charge in [0, 0.05) is 24.0 Å². The third kappa shape index (κ3) is 2.63. The van der Waals surface area contributed by atoms with Crippen molar-refractivity contribution in [2.24, 2.45) is 5.41 Å². The zero-order valence-electron chi connectivity index (χ0n) is 15.3. The molecule has 0 unspecified atom stereocenters. The van der Waals surface area contributed by atoms with E-state index in [0.717, 1.165) is 41.5 Å². The standard InChI is InChI=1S/C23H24O3/c1-23(2)10-6-9-17-19(23)13-16(24)11-15-12-18(14-7-4-3-5-8-14)21(25)22(26)20(15)17/h3-5,7-8,12,25-26H,6,9-11,13H2,1-2H3. The monoisotopic (exact) mass is 348 g/mol. The molecule has 0 saturated heterocycles. The van der Waals surface area contributed by atoms with Crippen LogP contribution in [0.5, 0.6) is 11.5 Å². The summed E-state index contributed by atoms with van der Waals surface area (Å²) >= 11 is 0. The molecule has 2 aromatic rings. The molecule has 2 aliphatic rings. The molecule has 134 valence electrons. The number of phenolic OH excluding ortho intramolecular Hbond substituents is 2. The first kappa shape index (κ1) is 16.9. The summed E-state index contributed by atoms with van der Waals surface area (Å²) < 4.78 is 0. The smallest absolute Gasteiger partial charge is 0.166 e. The summed E-state index contributed by atoms with van der Waals surface area (Å²) in [6.45, 7) is 4.35. The lowest BCUT2D eigenvalue weighted by Crippen LogP contribution is -2.21. The van der Waals surface area contributed by atoms with Gasteiger partial charge >= 0.3 is 0 Å². The Morgan fingerprint density at radius 1 is 1.00 bits per heavy atom. The van der Waals surface area contributed by atoms with Crippen LogP contribution in [0.3, 0.4) is 0 Å². The minimum absolute atomic E-state index is 0.0506. The molecule has 0 bridgehead atoms. The second-order valence-electron chi connectivity index (χ2n) is 8.11. The SMILES string of the molecule is CC1(C)CCCC2=C1CC(=O)Cc1cc(-c3ccccc3)c(O)c(O)c12. The van der Waals surface area contributed by atoms with E-state index in [-0.39, 0.29) is 22.7 Å². The maximum absolute atomic E-state index is 12.7. The van der Waals surface area contributed by atoms with E-state index in [2.05, 4.69) is 13.8 Å². The summed E-state index contributed by atoms with van der Waals surface area (Å²) in [7, 11) is 0. The van der Waals surface area contributed by atoms with Crippen molar-refractivity contribution in [1.82, 2.24) is 0 Å². The number of ketones is 1. The van der Waals surface area contributed by atoms with Crippen LogP contribution >= 0.6 is 0 Å². The highest BCUT2D eigenvalue weighted by Gasteiger charge is 2.36.